The van der Waals surface area contributed by atoms with Crippen LogP contribution >= 0.6 is 0 Å². The van der Waals surface area contributed by atoms with Crippen LogP contribution in [0.2, 0.25) is 0 Å². The third kappa shape index (κ3) is 3.71. The molecule has 0 aromatic heterocycles. The third-order valence-electron chi connectivity index (χ3n) is 5.35. The minimum atomic E-state index is 0.0935. The van der Waals surface area contributed by atoms with E-state index < -0.39 is 0 Å². The van der Waals surface area contributed by atoms with Crippen LogP contribution in [0.5, 0.6) is 0 Å². The van der Waals surface area contributed by atoms with Crippen molar-refractivity contribution in [3.63, 3.8) is 0 Å². The highest BCUT2D eigenvalue weighted by atomic mass is 16.5. The predicted molar refractivity (Wildman–Crippen MR) is 106 cm³/mol. The molecule has 0 saturated carbocycles. The quantitative estimate of drug-likeness (QED) is 0.534. The molecule has 26 heavy (non-hydrogen) atoms. The van der Waals surface area contributed by atoms with Gasteiger partial charge in [0.15, 0.2) is 0 Å². The van der Waals surface area contributed by atoms with Gasteiger partial charge in [-0.3, -0.25) is 10.7 Å². The predicted octanol–water partition coefficient (Wildman–Crippen LogP) is 4.85. The van der Waals surface area contributed by atoms with Crippen molar-refractivity contribution in [2.75, 3.05) is 11.9 Å². The summed E-state index contributed by atoms with van der Waals surface area (Å²) in [4.78, 5) is 0. The van der Waals surface area contributed by atoms with E-state index in [4.69, 9.17) is 9.94 Å². The van der Waals surface area contributed by atoms with Crippen LogP contribution in [0.3, 0.4) is 0 Å². The average Bonchev–Trinajstić information content (AvgIpc) is 2.63. The van der Waals surface area contributed by atoms with E-state index in [0.717, 1.165) is 30.7 Å². The second kappa shape index (κ2) is 7.68. The Balaban J connectivity index is 2.03. The fourth-order valence-electron chi connectivity index (χ4n) is 4.00. The van der Waals surface area contributed by atoms with Gasteiger partial charge in [0.2, 0.25) is 0 Å². The van der Waals surface area contributed by atoms with Gasteiger partial charge in [-0.25, -0.2) is 0 Å². The van der Waals surface area contributed by atoms with E-state index in [0.29, 0.717) is 5.92 Å². The van der Waals surface area contributed by atoms with E-state index in [-0.39, 0.29) is 17.6 Å². The van der Waals surface area contributed by atoms with E-state index >= 15 is 0 Å². The maximum atomic E-state index is 8.94. The molecule has 1 fully saturated rings. The Kier molecular flexibility index (Phi) is 5.54. The number of ether oxygens (including phenoxy) is 1. The number of allylic oxidation sites excluding steroid dienone is 2. The normalized spacial score (nSPS) is 26.0. The molecular weight excluding hydrogens is 324 g/mol. The summed E-state index contributed by atoms with van der Waals surface area (Å²) in [5.41, 5.74) is 7.01. The summed E-state index contributed by atoms with van der Waals surface area (Å²) in [5.74, 6) is 0.348. The molecule has 4 nitrogen and oxygen atoms in total. The van der Waals surface area contributed by atoms with E-state index in [9.17, 15) is 0 Å². The van der Waals surface area contributed by atoms with E-state index in [2.05, 4.69) is 56.3 Å². The Labute approximate surface area is 156 Å². The van der Waals surface area contributed by atoms with Crippen LogP contribution in [0, 0.1) is 5.92 Å². The second-order valence-corrected chi connectivity index (χ2v) is 8.14. The summed E-state index contributed by atoms with van der Waals surface area (Å²) in [6.07, 6.45) is 9.47. The molecule has 4 heteroatoms. The standard InChI is InChI=1S/C22H30N2O2/c1-5-7-15(11-12-23-25)20-17-8-6-13-26-21(17)18-14-16(22(2,3)4)9-10-19(18)24-20/h5,7,9-12,14,17,20-21,23-25H,1,6,8,13H2,2-4H3/b12-11-,15-7+/t17-,20-,21-/m0/s1. The van der Waals surface area contributed by atoms with Gasteiger partial charge >= 0.3 is 0 Å². The fraction of sp³-hybridized carbons (Fsp3) is 0.455. The number of hydrogen-bond donors (Lipinski definition) is 3. The molecule has 3 atom stereocenters. The number of fused-ring (bicyclic) bond motifs is 3. The van der Waals surface area contributed by atoms with Crippen LogP contribution in [0.25, 0.3) is 0 Å². The first-order chi connectivity index (χ1) is 12.5. The monoisotopic (exact) mass is 354 g/mol. The zero-order valence-corrected chi connectivity index (χ0v) is 16.0. The van der Waals surface area contributed by atoms with Crippen molar-refractivity contribution < 1.29 is 9.94 Å². The van der Waals surface area contributed by atoms with Crippen molar-refractivity contribution in [2.45, 2.75) is 51.2 Å². The Morgan fingerprint density at radius 1 is 1.38 bits per heavy atom. The lowest BCUT2D eigenvalue weighted by Crippen LogP contribution is -2.42. The van der Waals surface area contributed by atoms with Gasteiger partial charge < -0.3 is 10.1 Å². The lowest BCUT2D eigenvalue weighted by molar-refractivity contribution is -0.0339. The van der Waals surface area contributed by atoms with Crippen molar-refractivity contribution in [3.8, 4) is 0 Å². The van der Waals surface area contributed by atoms with Crippen LogP contribution in [0.1, 0.15) is 50.8 Å². The van der Waals surface area contributed by atoms with Gasteiger partial charge in [-0.2, -0.15) is 0 Å². The number of hydrogen-bond acceptors (Lipinski definition) is 4. The summed E-state index contributed by atoms with van der Waals surface area (Å²) >= 11 is 0. The molecule has 0 unspecified atom stereocenters. The number of hydroxylamine groups is 1. The SMILES string of the molecule is C=C/C=C(\C=C/NO)[C@@H]1Nc2ccc(C(C)(C)C)cc2[C@H]2OCCC[C@H]21. The minimum absolute atomic E-state index is 0.0935. The van der Waals surface area contributed by atoms with Crippen molar-refractivity contribution in [1.29, 1.82) is 0 Å². The van der Waals surface area contributed by atoms with Crippen molar-refractivity contribution >= 4 is 5.69 Å². The molecule has 0 bridgehead atoms. The van der Waals surface area contributed by atoms with E-state index in [1.54, 1.807) is 6.08 Å². The highest BCUT2D eigenvalue weighted by molar-refractivity contribution is 5.60. The largest absolute Gasteiger partial charge is 0.378 e. The summed E-state index contributed by atoms with van der Waals surface area (Å²) in [7, 11) is 0. The summed E-state index contributed by atoms with van der Waals surface area (Å²) in [5, 5.41) is 12.7. The van der Waals surface area contributed by atoms with Gasteiger partial charge in [0.1, 0.15) is 0 Å². The summed E-state index contributed by atoms with van der Waals surface area (Å²) < 4.78 is 6.26. The molecule has 0 amide bonds. The Morgan fingerprint density at radius 3 is 2.88 bits per heavy atom. The van der Waals surface area contributed by atoms with Gasteiger partial charge in [0, 0.05) is 30.0 Å². The van der Waals surface area contributed by atoms with Crippen LogP contribution in [0.15, 0.2) is 54.8 Å². The smallest absolute Gasteiger partial charge is 0.0895 e. The molecule has 3 rings (SSSR count). The molecule has 140 valence electrons. The number of benzene rings is 1. The van der Waals surface area contributed by atoms with Gasteiger partial charge in [-0.05, 0) is 41.5 Å². The molecular formula is C22H30N2O2. The zero-order chi connectivity index (χ0) is 18.7. The van der Waals surface area contributed by atoms with Crippen molar-refractivity contribution in [2.24, 2.45) is 5.92 Å². The Morgan fingerprint density at radius 2 is 2.19 bits per heavy atom. The number of anilines is 1. The van der Waals surface area contributed by atoms with Crippen LogP contribution in [0.4, 0.5) is 5.69 Å². The second-order valence-electron chi connectivity index (χ2n) is 8.14. The molecule has 3 N–H and O–H groups in total. The maximum Gasteiger partial charge on any atom is 0.0895 e. The van der Waals surface area contributed by atoms with Gasteiger partial charge in [-0.1, -0.05) is 51.6 Å². The van der Waals surface area contributed by atoms with E-state index in [1.807, 2.05) is 12.2 Å². The highest BCUT2D eigenvalue weighted by Crippen LogP contribution is 2.46. The lowest BCUT2D eigenvalue weighted by Gasteiger charge is -2.44. The molecule has 2 aliphatic rings. The molecule has 2 heterocycles. The first-order valence-electron chi connectivity index (χ1n) is 9.37. The fourth-order valence-corrected chi connectivity index (χ4v) is 4.00. The molecule has 1 aromatic rings. The highest BCUT2D eigenvalue weighted by Gasteiger charge is 2.40. The topological polar surface area (TPSA) is 53.5 Å². The summed E-state index contributed by atoms with van der Waals surface area (Å²) in [6, 6.07) is 6.81. The maximum absolute atomic E-state index is 8.94. The first-order valence-corrected chi connectivity index (χ1v) is 9.37. The third-order valence-corrected chi connectivity index (χ3v) is 5.35. The van der Waals surface area contributed by atoms with Crippen LogP contribution in [-0.4, -0.2) is 17.9 Å². The average molecular weight is 354 g/mol. The van der Waals surface area contributed by atoms with Gasteiger partial charge in [0.05, 0.1) is 12.1 Å². The van der Waals surface area contributed by atoms with E-state index in [1.165, 1.54) is 17.3 Å². The molecule has 2 aliphatic heterocycles. The summed E-state index contributed by atoms with van der Waals surface area (Å²) in [6.45, 7) is 11.4. The molecule has 0 radical (unpaired) electrons. The first kappa shape index (κ1) is 18.7. The Bertz CT molecular complexity index is 715. The van der Waals surface area contributed by atoms with Gasteiger partial charge in [0.25, 0.3) is 0 Å². The molecule has 0 spiro atoms. The van der Waals surface area contributed by atoms with Crippen LogP contribution in [-0.2, 0) is 10.2 Å². The van der Waals surface area contributed by atoms with Crippen molar-refractivity contribution in [1.82, 2.24) is 5.48 Å². The molecule has 1 saturated heterocycles. The van der Waals surface area contributed by atoms with Gasteiger partial charge in [-0.15, -0.1) is 0 Å². The lowest BCUT2D eigenvalue weighted by atomic mass is 9.75. The van der Waals surface area contributed by atoms with Crippen molar-refractivity contribution in [3.05, 3.63) is 65.9 Å². The zero-order valence-electron chi connectivity index (χ0n) is 16.0. The number of nitrogens with one attached hydrogen (secondary N) is 2. The Hall–Kier alpha value is -2.04. The molecule has 0 aliphatic carbocycles. The number of rotatable bonds is 4. The molecule has 1 aromatic carbocycles. The minimum Gasteiger partial charge on any atom is -0.378 e. The van der Waals surface area contributed by atoms with Crippen LogP contribution < -0.4 is 10.8 Å².